The standard InChI is InChI=1S/C15H15FN4O2/c1-9(2)5-13-18-14(22-19-13)7-20-8-17-12-6-10(16)3-4-11(12)15(20)21/h3-4,6,8-9H,5,7H2,1-2H3. The molecule has 0 N–H and O–H groups in total. The summed E-state index contributed by atoms with van der Waals surface area (Å²) in [4.78, 5) is 20.7. The van der Waals surface area contributed by atoms with Gasteiger partial charge in [0.25, 0.3) is 5.56 Å². The average Bonchev–Trinajstić information content (AvgIpc) is 2.88. The lowest BCUT2D eigenvalue weighted by molar-refractivity contribution is 0.362. The van der Waals surface area contributed by atoms with E-state index in [1.165, 1.54) is 29.1 Å². The molecule has 114 valence electrons. The van der Waals surface area contributed by atoms with E-state index >= 15 is 0 Å². The first kappa shape index (κ1) is 14.4. The molecule has 0 aliphatic rings. The van der Waals surface area contributed by atoms with Crippen LogP contribution in [0.3, 0.4) is 0 Å². The number of halogens is 1. The Hall–Kier alpha value is -2.57. The molecule has 2 aromatic heterocycles. The molecule has 3 rings (SSSR count). The number of fused-ring (bicyclic) bond motifs is 1. The first-order chi connectivity index (χ1) is 10.5. The fourth-order valence-electron chi connectivity index (χ4n) is 2.19. The van der Waals surface area contributed by atoms with Crippen LogP contribution in [0.25, 0.3) is 10.9 Å². The van der Waals surface area contributed by atoms with Gasteiger partial charge in [0.1, 0.15) is 12.4 Å². The van der Waals surface area contributed by atoms with Crippen molar-refractivity contribution in [2.75, 3.05) is 0 Å². The van der Waals surface area contributed by atoms with Crippen molar-refractivity contribution in [3.05, 3.63) is 52.4 Å². The maximum absolute atomic E-state index is 13.1. The maximum Gasteiger partial charge on any atom is 0.261 e. The molecule has 1 aromatic carbocycles. The molecule has 0 radical (unpaired) electrons. The quantitative estimate of drug-likeness (QED) is 0.738. The molecule has 6 nitrogen and oxygen atoms in total. The van der Waals surface area contributed by atoms with E-state index in [-0.39, 0.29) is 12.1 Å². The minimum atomic E-state index is -0.424. The second-order valence-electron chi connectivity index (χ2n) is 5.54. The van der Waals surface area contributed by atoms with Gasteiger partial charge in [-0.2, -0.15) is 4.98 Å². The van der Waals surface area contributed by atoms with Crippen LogP contribution in [0.2, 0.25) is 0 Å². The summed E-state index contributed by atoms with van der Waals surface area (Å²) in [6, 6.07) is 3.90. The van der Waals surface area contributed by atoms with Gasteiger partial charge in [0.15, 0.2) is 5.82 Å². The molecule has 0 unspecified atom stereocenters. The molecule has 3 aromatic rings. The van der Waals surface area contributed by atoms with Crippen molar-refractivity contribution in [1.29, 1.82) is 0 Å². The average molecular weight is 302 g/mol. The number of hydrogen-bond acceptors (Lipinski definition) is 5. The smallest absolute Gasteiger partial charge is 0.261 e. The zero-order valence-corrected chi connectivity index (χ0v) is 12.3. The normalized spacial score (nSPS) is 11.5. The Kier molecular flexibility index (Phi) is 3.70. The van der Waals surface area contributed by atoms with E-state index < -0.39 is 5.82 Å². The van der Waals surface area contributed by atoms with Gasteiger partial charge in [0, 0.05) is 12.5 Å². The van der Waals surface area contributed by atoms with Gasteiger partial charge in [0.05, 0.1) is 17.2 Å². The van der Waals surface area contributed by atoms with Gasteiger partial charge in [-0.25, -0.2) is 9.37 Å². The summed E-state index contributed by atoms with van der Waals surface area (Å²) in [7, 11) is 0. The van der Waals surface area contributed by atoms with E-state index in [4.69, 9.17) is 4.52 Å². The first-order valence-electron chi connectivity index (χ1n) is 6.99. The summed E-state index contributed by atoms with van der Waals surface area (Å²) >= 11 is 0. The fourth-order valence-corrected chi connectivity index (χ4v) is 2.19. The van der Waals surface area contributed by atoms with Crippen molar-refractivity contribution in [3.63, 3.8) is 0 Å². The molecule has 0 aliphatic heterocycles. The van der Waals surface area contributed by atoms with Crippen LogP contribution in [0.4, 0.5) is 4.39 Å². The molecule has 0 atom stereocenters. The van der Waals surface area contributed by atoms with E-state index in [1.54, 1.807) is 0 Å². The van der Waals surface area contributed by atoms with Gasteiger partial charge in [-0.1, -0.05) is 19.0 Å². The highest BCUT2D eigenvalue weighted by atomic mass is 19.1. The molecule has 0 aliphatic carbocycles. The van der Waals surface area contributed by atoms with Gasteiger partial charge in [0.2, 0.25) is 5.89 Å². The van der Waals surface area contributed by atoms with Gasteiger partial charge < -0.3 is 4.52 Å². The third kappa shape index (κ3) is 2.88. The van der Waals surface area contributed by atoms with E-state index in [1.807, 2.05) is 0 Å². The van der Waals surface area contributed by atoms with Crippen LogP contribution in [0.15, 0.2) is 33.8 Å². The van der Waals surface area contributed by atoms with Gasteiger partial charge in [-0.15, -0.1) is 0 Å². The Morgan fingerprint density at radius 3 is 2.95 bits per heavy atom. The molecule has 2 heterocycles. The fraction of sp³-hybridized carbons (Fsp3) is 0.333. The van der Waals surface area contributed by atoms with Crippen LogP contribution < -0.4 is 5.56 Å². The monoisotopic (exact) mass is 302 g/mol. The Bertz CT molecular complexity index is 869. The van der Waals surface area contributed by atoms with Crippen molar-refractivity contribution < 1.29 is 8.91 Å². The Morgan fingerprint density at radius 2 is 2.18 bits per heavy atom. The first-order valence-corrected chi connectivity index (χ1v) is 6.99. The lowest BCUT2D eigenvalue weighted by Crippen LogP contribution is -2.21. The van der Waals surface area contributed by atoms with E-state index in [9.17, 15) is 9.18 Å². The highest BCUT2D eigenvalue weighted by molar-refractivity contribution is 5.77. The van der Waals surface area contributed by atoms with Crippen LogP contribution >= 0.6 is 0 Å². The van der Waals surface area contributed by atoms with Crippen molar-refractivity contribution in [1.82, 2.24) is 19.7 Å². The molecule has 0 spiro atoms. The highest BCUT2D eigenvalue weighted by Gasteiger charge is 2.11. The van der Waals surface area contributed by atoms with E-state index in [0.717, 1.165) is 0 Å². The molecule has 7 heteroatoms. The van der Waals surface area contributed by atoms with Crippen molar-refractivity contribution >= 4 is 10.9 Å². The Morgan fingerprint density at radius 1 is 1.36 bits per heavy atom. The molecule has 22 heavy (non-hydrogen) atoms. The van der Waals surface area contributed by atoms with Gasteiger partial charge in [-0.05, 0) is 18.1 Å². The molecule has 0 fully saturated rings. The van der Waals surface area contributed by atoms with Crippen molar-refractivity contribution in [3.8, 4) is 0 Å². The van der Waals surface area contributed by atoms with Crippen LogP contribution in [-0.2, 0) is 13.0 Å². The van der Waals surface area contributed by atoms with Crippen LogP contribution in [0.5, 0.6) is 0 Å². The largest absolute Gasteiger partial charge is 0.337 e. The summed E-state index contributed by atoms with van der Waals surface area (Å²) in [5.41, 5.74) is 0.0564. The molecular weight excluding hydrogens is 287 g/mol. The summed E-state index contributed by atoms with van der Waals surface area (Å²) in [6.45, 7) is 4.27. The van der Waals surface area contributed by atoms with Gasteiger partial charge in [-0.3, -0.25) is 9.36 Å². The molecule has 0 saturated carbocycles. The predicted molar refractivity (Wildman–Crippen MR) is 77.9 cm³/mol. The van der Waals surface area contributed by atoms with Gasteiger partial charge >= 0.3 is 0 Å². The Balaban J connectivity index is 1.91. The number of benzene rings is 1. The zero-order chi connectivity index (χ0) is 15.7. The number of hydrogen-bond donors (Lipinski definition) is 0. The summed E-state index contributed by atoms with van der Waals surface area (Å²) in [5.74, 6) is 0.965. The van der Waals surface area contributed by atoms with Crippen LogP contribution in [0.1, 0.15) is 25.6 Å². The molecule has 0 saturated heterocycles. The predicted octanol–water partition coefficient (Wildman–Crippen LogP) is 2.17. The Labute approximate surface area is 125 Å². The zero-order valence-electron chi connectivity index (χ0n) is 12.3. The second-order valence-corrected chi connectivity index (χ2v) is 5.54. The highest BCUT2D eigenvalue weighted by Crippen LogP contribution is 2.10. The summed E-state index contributed by atoms with van der Waals surface area (Å²) in [6.07, 6.45) is 2.07. The lowest BCUT2D eigenvalue weighted by atomic mass is 10.1. The minimum absolute atomic E-state index is 0.143. The lowest BCUT2D eigenvalue weighted by Gasteiger charge is -2.03. The summed E-state index contributed by atoms with van der Waals surface area (Å²) < 4.78 is 19.7. The number of aromatic nitrogens is 4. The minimum Gasteiger partial charge on any atom is -0.337 e. The van der Waals surface area contributed by atoms with Crippen LogP contribution in [-0.4, -0.2) is 19.7 Å². The SMILES string of the molecule is CC(C)Cc1noc(Cn2cnc3cc(F)ccc3c2=O)n1. The third-order valence-electron chi connectivity index (χ3n) is 3.19. The van der Waals surface area contributed by atoms with Crippen molar-refractivity contribution in [2.24, 2.45) is 5.92 Å². The second kappa shape index (κ2) is 5.67. The maximum atomic E-state index is 13.1. The number of nitrogens with zero attached hydrogens (tertiary/aromatic N) is 4. The van der Waals surface area contributed by atoms with E-state index in [0.29, 0.717) is 35.0 Å². The number of rotatable bonds is 4. The summed E-state index contributed by atoms with van der Waals surface area (Å²) in [5, 5.41) is 4.24. The topological polar surface area (TPSA) is 73.8 Å². The molecular formula is C15H15FN4O2. The van der Waals surface area contributed by atoms with E-state index in [2.05, 4.69) is 29.0 Å². The van der Waals surface area contributed by atoms with Crippen LogP contribution in [0, 0.1) is 11.7 Å². The molecule has 0 bridgehead atoms. The molecule has 0 amide bonds. The van der Waals surface area contributed by atoms with Crippen molar-refractivity contribution in [2.45, 2.75) is 26.8 Å². The third-order valence-corrected chi connectivity index (χ3v) is 3.19.